The lowest BCUT2D eigenvalue weighted by Crippen LogP contribution is -2.03. The minimum absolute atomic E-state index is 0.515. The second-order valence-corrected chi connectivity index (χ2v) is 6.25. The third kappa shape index (κ3) is 4.03. The minimum atomic E-state index is 0.515. The molecular formula is C17H22BrN3. The summed E-state index contributed by atoms with van der Waals surface area (Å²) in [7, 11) is 0. The normalized spacial score (nSPS) is 11.0. The molecule has 3 nitrogen and oxygen atoms in total. The molecule has 0 unspecified atom stereocenters. The van der Waals surface area contributed by atoms with Crippen LogP contribution in [0.4, 0.5) is 11.6 Å². The molecule has 1 aromatic heterocycles. The van der Waals surface area contributed by atoms with Crippen LogP contribution in [0.5, 0.6) is 0 Å². The van der Waals surface area contributed by atoms with E-state index in [1.807, 2.05) is 0 Å². The van der Waals surface area contributed by atoms with Gasteiger partial charge in [-0.05, 0) is 58.5 Å². The number of hydrogen-bond donors (Lipinski definition) is 1. The summed E-state index contributed by atoms with van der Waals surface area (Å²) in [5, 5.41) is 3.32. The largest absolute Gasteiger partial charge is 0.323 e. The zero-order valence-corrected chi connectivity index (χ0v) is 14.7. The van der Waals surface area contributed by atoms with Gasteiger partial charge in [-0.25, -0.2) is 9.97 Å². The molecule has 4 heteroatoms. The lowest BCUT2D eigenvalue weighted by atomic mass is 10.0. The first-order valence-corrected chi connectivity index (χ1v) is 8.26. The van der Waals surface area contributed by atoms with E-state index in [-0.39, 0.29) is 0 Å². The first kappa shape index (κ1) is 16.0. The van der Waals surface area contributed by atoms with Crippen molar-refractivity contribution in [3.05, 3.63) is 45.7 Å². The number of rotatable bonds is 5. The zero-order valence-electron chi connectivity index (χ0n) is 13.1. The summed E-state index contributed by atoms with van der Waals surface area (Å²) in [6, 6.07) is 8.44. The van der Waals surface area contributed by atoms with Crippen molar-refractivity contribution in [3.63, 3.8) is 0 Å². The average Bonchev–Trinajstić information content (AvgIpc) is 2.48. The summed E-state index contributed by atoms with van der Waals surface area (Å²) in [5.41, 5.74) is 4.44. The predicted octanol–water partition coefficient (Wildman–Crippen LogP) is 5.23. The van der Waals surface area contributed by atoms with Gasteiger partial charge in [-0.1, -0.05) is 33.8 Å². The molecule has 0 atom stereocenters. The van der Waals surface area contributed by atoms with Crippen molar-refractivity contribution in [2.75, 3.05) is 5.32 Å². The van der Waals surface area contributed by atoms with Gasteiger partial charge < -0.3 is 5.32 Å². The molecule has 1 heterocycles. The van der Waals surface area contributed by atoms with Crippen LogP contribution < -0.4 is 5.32 Å². The molecule has 21 heavy (non-hydrogen) atoms. The summed E-state index contributed by atoms with van der Waals surface area (Å²) >= 11 is 3.63. The Morgan fingerprint density at radius 1 is 1.05 bits per heavy atom. The number of aromatic nitrogens is 2. The average molecular weight is 348 g/mol. The van der Waals surface area contributed by atoms with E-state index in [2.05, 4.69) is 83.2 Å². The molecule has 0 fully saturated rings. The number of benzene rings is 1. The molecule has 2 aromatic rings. The van der Waals surface area contributed by atoms with E-state index in [1.54, 1.807) is 0 Å². The van der Waals surface area contributed by atoms with Crippen molar-refractivity contribution in [2.45, 2.75) is 46.5 Å². The monoisotopic (exact) mass is 347 g/mol. The Balaban J connectivity index is 2.29. The minimum Gasteiger partial charge on any atom is -0.323 e. The topological polar surface area (TPSA) is 37.8 Å². The lowest BCUT2D eigenvalue weighted by molar-refractivity contribution is 0.866. The first-order chi connectivity index (χ1) is 10.0. The van der Waals surface area contributed by atoms with Crippen LogP contribution in [0.25, 0.3) is 0 Å². The molecule has 0 aliphatic heterocycles. The van der Waals surface area contributed by atoms with Gasteiger partial charge in [0.15, 0.2) is 0 Å². The summed E-state index contributed by atoms with van der Waals surface area (Å²) in [5.74, 6) is 1.19. The molecule has 0 aliphatic carbocycles. The van der Waals surface area contributed by atoms with Gasteiger partial charge in [0, 0.05) is 15.9 Å². The fourth-order valence-electron chi connectivity index (χ4n) is 2.08. The highest BCUT2D eigenvalue weighted by molar-refractivity contribution is 9.10. The van der Waals surface area contributed by atoms with Crippen LogP contribution in [0, 0.1) is 0 Å². The highest BCUT2D eigenvalue weighted by Crippen LogP contribution is 2.28. The van der Waals surface area contributed by atoms with Gasteiger partial charge in [0.25, 0.3) is 0 Å². The standard InChI is InChI=1S/C17H22BrN3/c1-5-13-10-14(6-2)20-17(19-13)21-16-8-7-12(11(3)4)9-15(16)18/h7-11H,5-6H2,1-4H3,(H,19,20,21). The van der Waals surface area contributed by atoms with Crippen LogP contribution in [-0.4, -0.2) is 9.97 Å². The number of anilines is 2. The quantitative estimate of drug-likeness (QED) is 0.804. The summed E-state index contributed by atoms with van der Waals surface area (Å²) < 4.78 is 1.04. The SMILES string of the molecule is CCc1cc(CC)nc(Nc2ccc(C(C)C)cc2Br)n1. The fourth-order valence-corrected chi connectivity index (χ4v) is 2.58. The number of nitrogens with zero attached hydrogens (tertiary/aromatic N) is 2. The highest BCUT2D eigenvalue weighted by atomic mass is 79.9. The van der Waals surface area contributed by atoms with Crippen LogP contribution in [0.3, 0.4) is 0 Å². The van der Waals surface area contributed by atoms with Crippen molar-refractivity contribution >= 4 is 27.6 Å². The van der Waals surface area contributed by atoms with E-state index in [9.17, 15) is 0 Å². The predicted molar refractivity (Wildman–Crippen MR) is 92.3 cm³/mol. The number of hydrogen-bond acceptors (Lipinski definition) is 3. The van der Waals surface area contributed by atoms with E-state index in [0.29, 0.717) is 11.9 Å². The zero-order chi connectivity index (χ0) is 15.4. The molecule has 112 valence electrons. The molecule has 1 N–H and O–H groups in total. The fraction of sp³-hybridized carbons (Fsp3) is 0.412. The molecule has 0 radical (unpaired) electrons. The van der Waals surface area contributed by atoms with E-state index in [1.165, 1.54) is 5.56 Å². The Hall–Kier alpha value is -1.42. The summed E-state index contributed by atoms with van der Waals surface area (Å²) in [6.07, 6.45) is 1.83. The molecule has 0 saturated carbocycles. The van der Waals surface area contributed by atoms with Crippen LogP contribution in [0.2, 0.25) is 0 Å². The molecule has 0 saturated heterocycles. The Morgan fingerprint density at radius 2 is 1.67 bits per heavy atom. The maximum atomic E-state index is 4.55. The number of nitrogens with one attached hydrogen (secondary N) is 1. The first-order valence-electron chi connectivity index (χ1n) is 7.46. The maximum absolute atomic E-state index is 4.55. The van der Waals surface area contributed by atoms with Crippen molar-refractivity contribution < 1.29 is 0 Å². The summed E-state index contributed by atoms with van der Waals surface area (Å²) in [4.78, 5) is 9.10. The Kier molecular flexibility index (Phi) is 5.34. The van der Waals surface area contributed by atoms with E-state index in [4.69, 9.17) is 0 Å². The Bertz CT molecular complexity index is 601. The van der Waals surface area contributed by atoms with Crippen LogP contribution in [0.15, 0.2) is 28.7 Å². The van der Waals surface area contributed by atoms with Crippen molar-refractivity contribution in [1.82, 2.24) is 9.97 Å². The van der Waals surface area contributed by atoms with Gasteiger partial charge in [0.2, 0.25) is 5.95 Å². The molecule has 2 rings (SSSR count). The van der Waals surface area contributed by atoms with Crippen molar-refractivity contribution in [3.8, 4) is 0 Å². The maximum Gasteiger partial charge on any atom is 0.227 e. The number of halogens is 1. The Morgan fingerprint density at radius 3 is 2.14 bits per heavy atom. The van der Waals surface area contributed by atoms with Crippen molar-refractivity contribution in [1.29, 1.82) is 0 Å². The smallest absolute Gasteiger partial charge is 0.227 e. The second-order valence-electron chi connectivity index (χ2n) is 5.40. The van der Waals surface area contributed by atoms with Gasteiger partial charge in [0.05, 0.1) is 5.69 Å². The molecular weight excluding hydrogens is 326 g/mol. The van der Waals surface area contributed by atoms with Crippen LogP contribution >= 0.6 is 15.9 Å². The van der Waals surface area contributed by atoms with E-state index >= 15 is 0 Å². The molecule has 0 aliphatic rings. The van der Waals surface area contributed by atoms with Gasteiger partial charge in [-0.3, -0.25) is 0 Å². The van der Waals surface area contributed by atoms with Gasteiger partial charge in [-0.2, -0.15) is 0 Å². The van der Waals surface area contributed by atoms with Gasteiger partial charge >= 0.3 is 0 Å². The number of aryl methyl sites for hydroxylation is 2. The van der Waals surface area contributed by atoms with Gasteiger partial charge in [-0.15, -0.1) is 0 Å². The van der Waals surface area contributed by atoms with E-state index < -0.39 is 0 Å². The molecule has 0 spiro atoms. The third-order valence-electron chi connectivity index (χ3n) is 3.46. The third-order valence-corrected chi connectivity index (χ3v) is 4.12. The van der Waals surface area contributed by atoms with E-state index in [0.717, 1.165) is 34.4 Å². The molecule has 0 amide bonds. The van der Waals surface area contributed by atoms with Gasteiger partial charge in [0.1, 0.15) is 0 Å². The summed E-state index contributed by atoms with van der Waals surface area (Å²) in [6.45, 7) is 8.60. The second kappa shape index (κ2) is 7.03. The van der Waals surface area contributed by atoms with Crippen LogP contribution in [0.1, 0.15) is 50.6 Å². The molecule has 0 bridgehead atoms. The van der Waals surface area contributed by atoms with Crippen LogP contribution in [-0.2, 0) is 12.8 Å². The highest BCUT2D eigenvalue weighted by Gasteiger charge is 2.07. The molecule has 1 aromatic carbocycles. The van der Waals surface area contributed by atoms with Crippen molar-refractivity contribution in [2.24, 2.45) is 0 Å². The lowest BCUT2D eigenvalue weighted by Gasteiger charge is -2.12. The Labute approximate surface area is 135 Å².